The van der Waals surface area contributed by atoms with Gasteiger partial charge in [-0.2, -0.15) is 0 Å². The normalized spacial score (nSPS) is 27.7. The summed E-state index contributed by atoms with van der Waals surface area (Å²) in [5.74, 6) is 1.05. The van der Waals surface area contributed by atoms with Crippen molar-refractivity contribution in [2.75, 3.05) is 32.7 Å². The zero-order chi connectivity index (χ0) is 13.2. The van der Waals surface area contributed by atoms with Crippen molar-refractivity contribution in [2.45, 2.75) is 51.1 Å². The van der Waals surface area contributed by atoms with Gasteiger partial charge in [0.25, 0.3) is 0 Å². The minimum Gasteiger partial charge on any atom is -0.339 e. The van der Waals surface area contributed by atoms with Gasteiger partial charge in [-0.25, -0.2) is 0 Å². The van der Waals surface area contributed by atoms with E-state index in [0.29, 0.717) is 18.5 Å². The van der Waals surface area contributed by atoms with E-state index in [0.717, 1.165) is 25.0 Å². The molecule has 3 fully saturated rings. The summed E-state index contributed by atoms with van der Waals surface area (Å²) >= 11 is 0. The molecule has 1 atom stereocenters. The SMILES string of the molecule is CCN(C(=O)CNCC1CCN(C2CC2)C1)C1CC1. The van der Waals surface area contributed by atoms with Crippen molar-refractivity contribution in [2.24, 2.45) is 5.92 Å². The molecule has 0 radical (unpaired) electrons. The maximum atomic E-state index is 12.1. The molecular weight excluding hydrogens is 238 g/mol. The molecule has 2 aliphatic carbocycles. The van der Waals surface area contributed by atoms with Crippen molar-refractivity contribution in [3.8, 4) is 0 Å². The predicted molar refractivity (Wildman–Crippen MR) is 76.0 cm³/mol. The van der Waals surface area contributed by atoms with Crippen LogP contribution in [0.25, 0.3) is 0 Å². The molecule has 0 spiro atoms. The summed E-state index contributed by atoms with van der Waals surface area (Å²) in [4.78, 5) is 16.7. The van der Waals surface area contributed by atoms with E-state index in [1.54, 1.807) is 0 Å². The molecule has 4 nitrogen and oxygen atoms in total. The number of carbonyl (C=O) groups is 1. The smallest absolute Gasteiger partial charge is 0.236 e. The third-order valence-corrected chi connectivity index (χ3v) is 4.74. The van der Waals surface area contributed by atoms with Crippen molar-refractivity contribution < 1.29 is 4.79 Å². The Balaban J connectivity index is 1.32. The van der Waals surface area contributed by atoms with Gasteiger partial charge in [0.1, 0.15) is 0 Å². The second-order valence-electron chi connectivity index (χ2n) is 6.42. The molecule has 1 N–H and O–H groups in total. The lowest BCUT2D eigenvalue weighted by molar-refractivity contribution is -0.130. The number of rotatable bonds is 7. The maximum Gasteiger partial charge on any atom is 0.236 e. The molecule has 4 heteroatoms. The second kappa shape index (κ2) is 5.80. The zero-order valence-corrected chi connectivity index (χ0v) is 12.1. The van der Waals surface area contributed by atoms with E-state index in [9.17, 15) is 4.79 Å². The molecule has 1 heterocycles. The Hall–Kier alpha value is -0.610. The number of likely N-dealkylation sites (N-methyl/N-ethyl adjacent to an activating group) is 1. The monoisotopic (exact) mass is 265 g/mol. The molecule has 1 unspecified atom stereocenters. The van der Waals surface area contributed by atoms with Crippen LogP contribution in [-0.2, 0) is 4.79 Å². The van der Waals surface area contributed by atoms with Crippen molar-refractivity contribution in [3.63, 3.8) is 0 Å². The number of nitrogens with one attached hydrogen (secondary N) is 1. The highest BCUT2D eigenvalue weighted by Crippen LogP contribution is 2.31. The highest BCUT2D eigenvalue weighted by atomic mass is 16.2. The third-order valence-electron chi connectivity index (χ3n) is 4.74. The fraction of sp³-hybridized carbons (Fsp3) is 0.933. The van der Waals surface area contributed by atoms with Crippen LogP contribution in [0.3, 0.4) is 0 Å². The molecule has 1 aliphatic heterocycles. The first-order chi connectivity index (χ1) is 9.28. The number of hydrogen-bond donors (Lipinski definition) is 1. The Labute approximate surface area is 116 Å². The molecule has 0 aromatic carbocycles. The Kier molecular flexibility index (Phi) is 4.08. The van der Waals surface area contributed by atoms with Crippen molar-refractivity contribution in [3.05, 3.63) is 0 Å². The first kappa shape index (κ1) is 13.4. The van der Waals surface area contributed by atoms with E-state index in [1.165, 1.54) is 45.2 Å². The maximum absolute atomic E-state index is 12.1. The van der Waals surface area contributed by atoms with E-state index in [4.69, 9.17) is 0 Å². The van der Waals surface area contributed by atoms with E-state index in [1.807, 2.05) is 4.90 Å². The Morgan fingerprint density at radius 3 is 2.68 bits per heavy atom. The standard InChI is InChI=1S/C15H27N3O/c1-2-18(14-5-6-14)15(19)10-16-9-12-7-8-17(11-12)13-3-4-13/h12-14,16H,2-11H2,1H3. The van der Waals surface area contributed by atoms with Gasteiger partial charge in [-0.1, -0.05) is 0 Å². The molecule has 3 aliphatic rings. The minimum absolute atomic E-state index is 0.294. The minimum atomic E-state index is 0.294. The van der Waals surface area contributed by atoms with Crippen LogP contribution in [0.2, 0.25) is 0 Å². The Morgan fingerprint density at radius 1 is 1.26 bits per heavy atom. The van der Waals surface area contributed by atoms with Gasteiger partial charge < -0.3 is 15.1 Å². The third kappa shape index (κ3) is 3.48. The summed E-state index contributed by atoms with van der Waals surface area (Å²) in [7, 11) is 0. The summed E-state index contributed by atoms with van der Waals surface area (Å²) in [6.45, 7) is 7.01. The fourth-order valence-electron chi connectivity index (χ4n) is 3.31. The highest BCUT2D eigenvalue weighted by Gasteiger charge is 2.34. The van der Waals surface area contributed by atoms with Crippen LogP contribution in [0.4, 0.5) is 0 Å². The summed E-state index contributed by atoms with van der Waals surface area (Å²) in [5, 5.41) is 3.39. The molecule has 0 aromatic heterocycles. The fourth-order valence-corrected chi connectivity index (χ4v) is 3.31. The van der Waals surface area contributed by atoms with Gasteiger partial charge in [-0.15, -0.1) is 0 Å². The van der Waals surface area contributed by atoms with Crippen molar-refractivity contribution in [1.29, 1.82) is 0 Å². The van der Waals surface area contributed by atoms with Gasteiger partial charge in [0.05, 0.1) is 6.54 Å². The van der Waals surface area contributed by atoms with E-state index in [-0.39, 0.29) is 0 Å². The van der Waals surface area contributed by atoms with E-state index < -0.39 is 0 Å². The Bertz CT molecular complexity index is 325. The lowest BCUT2D eigenvalue weighted by Gasteiger charge is -2.21. The van der Waals surface area contributed by atoms with Gasteiger partial charge in [0, 0.05) is 25.2 Å². The van der Waals surface area contributed by atoms with Gasteiger partial charge in [0.2, 0.25) is 5.91 Å². The van der Waals surface area contributed by atoms with Gasteiger partial charge >= 0.3 is 0 Å². The number of amides is 1. The number of carbonyl (C=O) groups excluding carboxylic acids is 1. The van der Waals surface area contributed by atoms with Crippen LogP contribution in [0.5, 0.6) is 0 Å². The van der Waals surface area contributed by atoms with E-state index in [2.05, 4.69) is 17.1 Å². The predicted octanol–water partition coefficient (Wildman–Crippen LogP) is 1.07. The number of nitrogens with zero attached hydrogens (tertiary/aromatic N) is 2. The van der Waals surface area contributed by atoms with Gasteiger partial charge in [-0.05, 0) is 58.0 Å². The summed E-state index contributed by atoms with van der Waals surface area (Å²) in [6, 6.07) is 1.45. The first-order valence-electron chi connectivity index (χ1n) is 8.02. The van der Waals surface area contributed by atoms with Crippen LogP contribution in [0.15, 0.2) is 0 Å². The van der Waals surface area contributed by atoms with Crippen LogP contribution in [0, 0.1) is 5.92 Å². The molecular formula is C15H27N3O. The van der Waals surface area contributed by atoms with Gasteiger partial charge in [0.15, 0.2) is 0 Å². The molecule has 2 saturated carbocycles. The molecule has 3 rings (SSSR count). The van der Waals surface area contributed by atoms with Crippen LogP contribution >= 0.6 is 0 Å². The first-order valence-corrected chi connectivity index (χ1v) is 8.02. The molecule has 1 amide bonds. The summed E-state index contributed by atoms with van der Waals surface area (Å²) in [5.41, 5.74) is 0. The molecule has 1 saturated heterocycles. The zero-order valence-electron chi connectivity index (χ0n) is 12.1. The number of hydrogen-bond acceptors (Lipinski definition) is 3. The summed E-state index contributed by atoms with van der Waals surface area (Å²) in [6.07, 6.45) is 6.53. The molecule has 108 valence electrons. The second-order valence-corrected chi connectivity index (χ2v) is 6.42. The van der Waals surface area contributed by atoms with Crippen LogP contribution in [0.1, 0.15) is 39.0 Å². The summed E-state index contributed by atoms with van der Waals surface area (Å²) < 4.78 is 0. The lowest BCUT2D eigenvalue weighted by Crippen LogP contribution is -2.40. The van der Waals surface area contributed by atoms with E-state index >= 15 is 0 Å². The van der Waals surface area contributed by atoms with Crippen LogP contribution in [-0.4, -0.2) is 60.5 Å². The number of likely N-dealkylation sites (tertiary alicyclic amines) is 1. The highest BCUT2D eigenvalue weighted by molar-refractivity contribution is 5.78. The largest absolute Gasteiger partial charge is 0.339 e. The molecule has 0 aromatic rings. The average Bonchev–Trinajstić information content (AvgIpc) is 3.31. The quantitative estimate of drug-likeness (QED) is 0.748. The lowest BCUT2D eigenvalue weighted by atomic mass is 10.1. The average molecular weight is 265 g/mol. The van der Waals surface area contributed by atoms with Crippen molar-refractivity contribution >= 4 is 5.91 Å². The topological polar surface area (TPSA) is 35.6 Å². The molecule has 19 heavy (non-hydrogen) atoms. The molecule has 0 bridgehead atoms. The Morgan fingerprint density at radius 2 is 2.05 bits per heavy atom. The van der Waals surface area contributed by atoms with Crippen LogP contribution < -0.4 is 5.32 Å². The van der Waals surface area contributed by atoms with Crippen molar-refractivity contribution in [1.82, 2.24) is 15.1 Å². The van der Waals surface area contributed by atoms with Gasteiger partial charge in [-0.3, -0.25) is 4.79 Å².